The van der Waals surface area contributed by atoms with Crippen LogP contribution in [0, 0.1) is 45.3 Å². The number of allylic oxidation sites excluding steroid dienone is 8. The second kappa shape index (κ2) is 16.9. The zero-order valence-electron chi connectivity index (χ0n) is 35.7. The number of benzene rings is 3. The maximum Gasteiger partial charge on any atom is 0.215 e. The molecule has 7 heterocycles. The van der Waals surface area contributed by atoms with E-state index in [-0.39, 0.29) is 97.3 Å². The lowest BCUT2D eigenvalue weighted by atomic mass is 9.99. The molecular weight excluding hydrogens is 1120 g/mol. The molecule has 3 aromatic carbocycles. The van der Waals surface area contributed by atoms with Crippen LogP contribution in [0.1, 0.15) is 41.6 Å². The van der Waals surface area contributed by atoms with Gasteiger partial charge in [0.15, 0.2) is 34.6 Å². The second-order valence-corrected chi connectivity index (χ2v) is 21.6. The van der Waals surface area contributed by atoms with Gasteiger partial charge in [0, 0.05) is 44.2 Å². The topological polar surface area (TPSA) is 264 Å². The first-order valence-electron chi connectivity index (χ1n) is 20.8. The zero-order valence-corrected chi connectivity index (χ0v) is 42.9. The maximum absolute atomic E-state index is 14.1. The van der Waals surface area contributed by atoms with Crippen LogP contribution in [0.2, 0.25) is 20.1 Å². The largest absolute Gasteiger partial charge is 0.503 e. The van der Waals surface area contributed by atoms with Gasteiger partial charge in [-0.2, -0.15) is 29.8 Å². The summed E-state index contributed by atoms with van der Waals surface area (Å²) < 4.78 is 26.2. The average molecular weight is 1140 g/mol. The van der Waals surface area contributed by atoms with E-state index in [9.17, 15) is 51.1 Å². The number of rotatable bonds is 2. The summed E-state index contributed by atoms with van der Waals surface area (Å²) in [5, 5.41) is 89.4. The van der Waals surface area contributed by atoms with Gasteiger partial charge in [-0.15, -0.1) is 47.9 Å². The van der Waals surface area contributed by atoms with E-state index in [0.717, 1.165) is 46.6 Å². The monoisotopic (exact) mass is 1130 g/mol. The summed E-state index contributed by atoms with van der Waals surface area (Å²) in [6.07, 6.45) is -1.28. The van der Waals surface area contributed by atoms with E-state index in [1.165, 1.54) is 24.3 Å². The van der Waals surface area contributed by atoms with Crippen LogP contribution in [-0.2, 0) is 22.6 Å². The molecule has 2 aliphatic carbocycles. The molecule has 356 valence electrons. The predicted octanol–water partition coefficient (Wildman–Crippen LogP) is 11.6. The molecule has 0 radical (unpaired) electrons. The lowest BCUT2D eigenvalue weighted by molar-refractivity contribution is -0.0709. The number of fused-ring (bicyclic) bond motifs is 14. The fourth-order valence-corrected chi connectivity index (χ4v) is 14.5. The fourth-order valence-electron chi connectivity index (χ4n) is 9.77. The first-order valence-corrected chi connectivity index (χ1v) is 25.6. The van der Waals surface area contributed by atoms with Crippen molar-refractivity contribution in [3.63, 3.8) is 0 Å². The van der Waals surface area contributed by atoms with Crippen molar-refractivity contribution in [2.24, 2.45) is 0 Å². The van der Waals surface area contributed by atoms with Crippen LogP contribution >= 0.6 is 106 Å². The highest BCUT2D eigenvalue weighted by Crippen LogP contribution is 2.54. The van der Waals surface area contributed by atoms with Gasteiger partial charge in [0.1, 0.15) is 46.5 Å². The minimum absolute atomic E-state index is 0.0365. The molecule has 0 spiro atoms. The second-order valence-electron chi connectivity index (χ2n) is 16.5. The SMILES string of the molecule is N#CC(C#N)=C1/C(=C/C2=C(O)c3sc4c5c6nsnc6c6c7sc8c(S)c7n(c6c5n(c4c3S)CC(O)O2)CC(O)OC(/C=C2\C(=O)c3cc(Cl)c(Cl)cc3C2=C(C#N)C#N)=C\8O)C(=O)c2cc(Cl)c(Cl)cc21. The third-order valence-electron chi connectivity index (χ3n) is 12.7. The zero-order chi connectivity index (χ0) is 51.4. The van der Waals surface area contributed by atoms with Gasteiger partial charge < -0.3 is 39.0 Å². The third kappa shape index (κ3) is 6.56. The van der Waals surface area contributed by atoms with Crippen molar-refractivity contribution < 1.29 is 39.5 Å². The third-order valence-corrected chi connectivity index (χ3v) is 18.2. The van der Waals surface area contributed by atoms with Crippen LogP contribution in [0.4, 0.5) is 0 Å². The molecule has 2 unspecified atom stereocenters. The number of aliphatic hydroxyl groups excluding tert-OH is 4. The van der Waals surface area contributed by atoms with E-state index in [0.29, 0.717) is 53.3 Å². The van der Waals surface area contributed by atoms with E-state index in [1.807, 2.05) is 24.3 Å². The fraction of sp³-hybridized carbons (Fsp3) is 0.0833. The molecule has 25 heteroatoms. The number of halogens is 4. The lowest BCUT2D eigenvalue weighted by Crippen LogP contribution is -2.21. The number of nitrogens with zero attached hydrogens (tertiary/aromatic N) is 8. The molecule has 12 rings (SSSR count). The van der Waals surface area contributed by atoms with Gasteiger partial charge in [0.25, 0.3) is 0 Å². The Morgan fingerprint density at radius 3 is 1.34 bits per heavy atom. The number of carbonyl (C=O) groups excluding carboxylic acids is 2. The highest BCUT2D eigenvalue weighted by atomic mass is 35.5. The molecule has 73 heavy (non-hydrogen) atoms. The van der Waals surface area contributed by atoms with Gasteiger partial charge >= 0.3 is 0 Å². The summed E-state index contributed by atoms with van der Waals surface area (Å²) in [6, 6.07) is 12.6. The number of ketones is 2. The number of ether oxygens (including phenoxy) is 2. The van der Waals surface area contributed by atoms with Gasteiger partial charge in [-0.25, -0.2) is 0 Å². The van der Waals surface area contributed by atoms with Gasteiger partial charge in [-0.05, 0) is 47.5 Å². The standard InChI is InChI=1S/C48H18Cl4N8O8S5/c49-21-1-15-17(3-23(21)51)39(63)19(29(15)13(7-53)8-54)5-25-41(65)47-43(69)37-45(71-47)31-33-34(58-73-57-33)32-36(35(31)59(37)11-27(61)67-25)60-12-28(62)68-26(42(66)48-44(70)38(60)46(32)72-48)6-20-30(14(9-55)10-56)16-2-22(50)24(52)4-18(16)40(20)64/h1-6,27-28,61-62,65-66,69-70H,11-12H2/b19-5-,20-6-,41-25+,42-26?. The van der Waals surface area contributed by atoms with E-state index in [2.05, 4.69) is 0 Å². The van der Waals surface area contributed by atoms with Crippen LogP contribution in [0.25, 0.3) is 75.9 Å². The van der Waals surface area contributed by atoms with Crippen molar-refractivity contribution >= 4 is 194 Å². The Labute approximate surface area is 450 Å². The average Bonchev–Trinajstić information content (AvgIpc) is 4.23. The molecule has 4 bridgehead atoms. The Morgan fingerprint density at radius 2 is 0.986 bits per heavy atom. The number of thiol groups is 2. The van der Waals surface area contributed by atoms with Crippen LogP contribution in [0.15, 0.2) is 80.0 Å². The number of nitriles is 4. The van der Waals surface area contributed by atoms with Gasteiger partial charge in [0.05, 0.1) is 95.9 Å². The Morgan fingerprint density at radius 1 is 0.630 bits per heavy atom. The molecule has 0 fully saturated rings. The Kier molecular flexibility index (Phi) is 10.9. The van der Waals surface area contributed by atoms with Gasteiger partial charge in [0.2, 0.25) is 12.6 Å². The molecule has 2 aliphatic heterocycles. The van der Waals surface area contributed by atoms with Crippen molar-refractivity contribution in [2.45, 2.75) is 35.5 Å². The van der Waals surface area contributed by atoms with Crippen molar-refractivity contribution in [3.8, 4) is 24.3 Å². The van der Waals surface area contributed by atoms with Crippen LogP contribution in [-0.4, -0.2) is 62.5 Å². The Hall–Kier alpha value is -6.80. The minimum atomic E-state index is -1.77. The summed E-state index contributed by atoms with van der Waals surface area (Å²) in [4.78, 5) is 28.9. The van der Waals surface area contributed by atoms with Crippen molar-refractivity contribution in [3.05, 3.63) is 122 Å². The molecule has 8 aromatic rings. The number of thiophene rings is 2. The summed E-state index contributed by atoms with van der Waals surface area (Å²) in [5.74, 6) is -3.20. The summed E-state index contributed by atoms with van der Waals surface area (Å²) in [5.41, 5.74) is 1.54. The quantitative estimate of drug-likeness (QED) is 0.0534. The molecule has 4 N–H and O–H groups in total. The molecule has 2 atom stereocenters. The maximum atomic E-state index is 14.1. The van der Waals surface area contributed by atoms with Gasteiger partial charge in [-0.1, -0.05) is 46.4 Å². The normalized spacial score (nSPS) is 19.5. The molecule has 0 saturated heterocycles. The Balaban J connectivity index is 1.07. The van der Waals surface area contributed by atoms with E-state index >= 15 is 0 Å². The number of Topliss-reactive ketones (excluding diaryl/α,β-unsaturated/α-hetero) is 2. The molecule has 0 saturated carbocycles. The summed E-state index contributed by atoms with van der Waals surface area (Å²) in [6.45, 7) is -0.697. The van der Waals surface area contributed by atoms with E-state index in [1.54, 1.807) is 9.13 Å². The van der Waals surface area contributed by atoms with Crippen molar-refractivity contribution in [1.82, 2.24) is 17.9 Å². The number of carbonyl (C=O) groups is 2. The molecule has 0 amide bonds. The summed E-state index contributed by atoms with van der Waals surface area (Å²) in [7, 11) is 0. The molecule has 5 aromatic heterocycles. The highest BCUT2D eigenvalue weighted by Gasteiger charge is 2.39. The first-order chi connectivity index (χ1) is 35.0. The van der Waals surface area contributed by atoms with Gasteiger partial charge in [-0.3, -0.25) is 9.59 Å². The van der Waals surface area contributed by atoms with Crippen LogP contribution < -0.4 is 0 Å². The lowest BCUT2D eigenvalue weighted by Gasteiger charge is -2.19. The molecular formula is C48H18Cl4N8O8S5. The number of aromatic nitrogens is 4. The number of aliphatic hydroxyl groups is 4. The van der Waals surface area contributed by atoms with E-state index < -0.39 is 58.3 Å². The Bertz CT molecular complexity index is 4150. The smallest absolute Gasteiger partial charge is 0.215 e. The summed E-state index contributed by atoms with van der Waals surface area (Å²) >= 11 is 38.2. The number of hydrogen-bond acceptors (Lipinski definition) is 19. The van der Waals surface area contributed by atoms with Crippen LogP contribution in [0.5, 0.6) is 0 Å². The molecule has 4 aliphatic rings. The highest BCUT2D eigenvalue weighted by molar-refractivity contribution is 7.81. The van der Waals surface area contributed by atoms with Crippen molar-refractivity contribution in [2.75, 3.05) is 0 Å². The predicted molar refractivity (Wildman–Crippen MR) is 281 cm³/mol. The first kappa shape index (κ1) is 47.2. The molecule has 16 nitrogen and oxygen atoms in total. The van der Waals surface area contributed by atoms with Crippen LogP contribution in [0.3, 0.4) is 0 Å². The van der Waals surface area contributed by atoms with Crippen molar-refractivity contribution in [1.29, 1.82) is 21.0 Å². The number of hydrogen-bond donors (Lipinski definition) is 6. The minimum Gasteiger partial charge on any atom is -0.503 e. The van der Waals surface area contributed by atoms with E-state index in [4.69, 9.17) is 89.9 Å².